The van der Waals surface area contributed by atoms with Crippen molar-refractivity contribution < 1.29 is 4.79 Å². The molecule has 21 heavy (non-hydrogen) atoms. The first-order valence-corrected chi connectivity index (χ1v) is 9.04. The van der Waals surface area contributed by atoms with Crippen LogP contribution in [0.5, 0.6) is 0 Å². The molecular weight excluding hydrogens is 370 g/mol. The van der Waals surface area contributed by atoms with Gasteiger partial charge in [-0.05, 0) is 47.9 Å². The molecule has 2 nitrogen and oxygen atoms in total. The van der Waals surface area contributed by atoms with E-state index in [1.165, 1.54) is 0 Å². The highest BCUT2D eigenvalue weighted by atomic mass is 79.9. The van der Waals surface area contributed by atoms with Gasteiger partial charge in [0, 0.05) is 17.0 Å². The van der Waals surface area contributed by atoms with Gasteiger partial charge >= 0.3 is 0 Å². The molecule has 1 amide bonds. The summed E-state index contributed by atoms with van der Waals surface area (Å²) in [6.45, 7) is 2.75. The van der Waals surface area contributed by atoms with E-state index < -0.39 is 0 Å². The van der Waals surface area contributed by atoms with Gasteiger partial charge in [-0.25, -0.2) is 0 Å². The lowest BCUT2D eigenvalue weighted by atomic mass is 9.99. The van der Waals surface area contributed by atoms with Crippen LogP contribution in [0.2, 0.25) is 5.02 Å². The Morgan fingerprint density at radius 1 is 1.43 bits per heavy atom. The van der Waals surface area contributed by atoms with Crippen molar-refractivity contribution >= 4 is 44.8 Å². The van der Waals surface area contributed by atoms with Crippen LogP contribution in [-0.4, -0.2) is 12.5 Å². The van der Waals surface area contributed by atoms with E-state index in [9.17, 15) is 4.79 Å². The van der Waals surface area contributed by atoms with Gasteiger partial charge < -0.3 is 5.32 Å². The number of rotatable bonds is 2. The first-order chi connectivity index (χ1) is 10.1. The average molecular weight is 385 g/mol. The molecule has 2 heterocycles. The lowest BCUT2D eigenvalue weighted by molar-refractivity contribution is 0.0956. The molecule has 0 saturated heterocycles. The van der Waals surface area contributed by atoms with Crippen LogP contribution >= 0.6 is 38.9 Å². The Hall–Kier alpha value is -0.840. The number of hydrogen-bond acceptors (Lipinski definition) is 2. The minimum absolute atomic E-state index is 0.0186. The van der Waals surface area contributed by atoms with Crippen LogP contribution in [0, 0.1) is 6.92 Å². The molecule has 1 aliphatic rings. The van der Waals surface area contributed by atoms with E-state index in [-0.39, 0.29) is 10.7 Å². The van der Waals surface area contributed by atoms with Crippen LogP contribution in [0.1, 0.15) is 43.2 Å². The van der Waals surface area contributed by atoms with Crippen LogP contribution in [0.25, 0.3) is 0 Å². The number of alkyl halides is 1. The monoisotopic (exact) mass is 383 g/mol. The summed E-state index contributed by atoms with van der Waals surface area (Å²) in [7, 11) is 0. The fraction of sp³-hybridized carbons (Fsp3) is 0.312. The van der Waals surface area contributed by atoms with E-state index in [0.717, 1.165) is 51.5 Å². The number of nitrogens with one attached hydrogen (secondary N) is 1. The summed E-state index contributed by atoms with van der Waals surface area (Å²) in [5.41, 5.74) is 4.07. The second-order valence-corrected chi connectivity index (χ2v) is 7.44. The highest BCUT2D eigenvalue weighted by Crippen LogP contribution is 2.41. The summed E-state index contributed by atoms with van der Waals surface area (Å²) in [6.07, 6.45) is 1.94. The Balaban J connectivity index is 2.00. The maximum Gasteiger partial charge on any atom is 0.251 e. The highest BCUT2D eigenvalue weighted by molar-refractivity contribution is 9.09. The standard InChI is InChI=1S/C16H15BrClNOS/c1-9-8-21-15(14(9)18)13(17)11-5-4-10-3-2-6-19-16(20)12(10)7-11/h4-5,7-8,13H,2-3,6H2,1H3,(H,19,20). The zero-order valence-electron chi connectivity index (χ0n) is 11.6. The number of amides is 1. The summed E-state index contributed by atoms with van der Waals surface area (Å²) in [5.74, 6) is 0.0255. The van der Waals surface area contributed by atoms with E-state index in [4.69, 9.17) is 11.6 Å². The van der Waals surface area contributed by atoms with Gasteiger partial charge in [-0.3, -0.25) is 4.79 Å². The van der Waals surface area contributed by atoms with Crippen molar-refractivity contribution in [2.45, 2.75) is 24.6 Å². The molecule has 0 bridgehead atoms. The normalized spacial score (nSPS) is 16.0. The Morgan fingerprint density at radius 2 is 2.24 bits per heavy atom. The van der Waals surface area contributed by atoms with E-state index in [2.05, 4.69) is 38.8 Å². The number of carbonyl (C=O) groups is 1. The van der Waals surface area contributed by atoms with Gasteiger partial charge in [-0.2, -0.15) is 0 Å². The predicted molar refractivity (Wildman–Crippen MR) is 91.9 cm³/mol. The molecule has 1 aromatic carbocycles. The van der Waals surface area contributed by atoms with Gasteiger partial charge in [0.25, 0.3) is 5.91 Å². The third-order valence-corrected chi connectivity index (χ3v) is 6.80. The van der Waals surface area contributed by atoms with Gasteiger partial charge in [0.2, 0.25) is 0 Å². The summed E-state index contributed by atoms with van der Waals surface area (Å²) < 4.78 is 0. The molecule has 0 fully saturated rings. The molecule has 0 aliphatic carbocycles. The molecule has 1 aromatic heterocycles. The maximum absolute atomic E-state index is 12.1. The number of aryl methyl sites for hydroxylation is 2. The quantitative estimate of drug-likeness (QED) is 0.735. The van der Waals surface area contributed by atoms with Crippen LogP contribution in [0.4, 0.5) is 0 Å². The maximum atomic E-state index is 12.1. The van der Waals surface area contributed by atoms with E-state index in [1.807, 2.05) is 13.0 Å². The molecule has 0 saturated carbocycles. The zero-order valence-corrected chi connectivity index (χ0v) is 14.7. The molecule has 5 heteroatoms. The molecule has 2 aromatic rings. The van der Waals surface area contributed by atoms with E-state index >= 15 is 0 Å². The topological polar surface area (TPSA) is 29.1 Å². The molecule has 0 radical (unpaired) electrons. The number of halogens is 2. The van der Waals surface area contributed by atoms with Gasteiger partial charge in [-0.1, -0.05) is 39.7 Å². The van der Waals surface area contributed by atoms with Gasteiger partial charge in [0.05, 0.1) is 9.85 Å². The summed E-state index contributed by atoms with van der Waals surface area (Å²) in [6, 6.07) is 6.14. The largest absolute Gasteiger partial charge is 0.352 e. The number of fused-ring (bicyclic) bond motifs is 1. The molecule has 3 rings (SSSR count). The highest BCUT2D eigenvalue weighted by Gasteiger charge is 2.21. The number of carbonyl (C=O) groups excluding carboxylic acids is 1. The smallest absolute Gasteiger partial charge is 0.251 e. The lowest BCUT2D eigenvalue weighted by Crippen LogP contribution is -2.22. The van der Waals surface area contributed by atoms with Crippen molar-refractivity contribution in [2.24, 2.45) is 0 Å². The van der Waals surface area contributed by atoms with Crippen LogP contribution in [-0.2, 0) is 6.42 Å². The lowest BCUT2D eigenvalue weighted by Gasteiger charge is -2.13. The Morgan fingerprint density at radius 3 is 2.95 bits per heavy atom. The van der Waals surface area contributed by atoms with Crippen molar-refractivity contribution in [3.8, 4) is 0 Å². The molecule has 1 N–H and O–H groups in total. The molecular formula is C16H15BrClNOS. The van der Waals surface area contributed by atoms with E-state index in [0.29, 0.717) is 0 Å². The minimum atomic E-state index is 0.0186. The van der Waals surface area contributed by atoms with Crippen LogP contribution < -0.4 is 5.32 Å². The molecule has 0 spiro atoms. The molecule has 1 aliphatic heterocycles. The second-order valence-electron chi connectivity index (χ2n) is 5.24. The average Bonchev–Trinajstić information content (AvgIpc) is 2.71. The molecule has 1 unspecified atom stereocenters. The molecule has 1 atom stereocenters. The van der Waals surface area contributed by atoms with Gasteiger partial charge in [0.15, 0.2) is 0 Å². The first-order valence-electron chi connectivity index (χ1n) is 6.86. The van der Waals surface area contributed by atoms with Gasteiger partial charge in [0.1, 0.15) is 0 Å². The Bertz CT molecular complexity index is 698. The Kier molecular flexibility index (Phi) is 4.38. The third kappa shape index (κ3) is 2.89. The second kappa shape index (κ2) is 6.11. The minimum Gasteiger partial charge on any atom is -0.352 e. The number of thiophene rings is 1. The Labute approximate surface area is 141 Å². The molecule has 110 valence electrons. The fourth-order valence-corrected chi connectivity index (χ4v) is 4.80. The summed E-state index contributed by atoms with van der Waals surface area (Å²) in [4.78, 5) is 13.2. The van der Waals surface area contributed by atoms with Crippen LogP contribution in [0.15, 0.2) is 23.6 Å². The first kappa shape index (κ1) is 15.1. The summed E-state index contributed by atoms with van der Waals surface area (Å²) >= 11 is 11.7. The van der Waals surface area contributed by atoms with Crippen molar-refractivity contribution in [1.29, 1.82) is 0 Å². The SMILES string of the molecule is Cc1csc(C(Br)c2ccc3c(c2)C(=O)NCCC3)c1Cl. The fourth-order valence-electron chi connectivity index (χ4n) is 2.53. The van der Waals surface area contributed by atoms with Crippen molar-refractivity contribution in [3.05, 3.63) is 55.7 Å². The predicted octanol–water partition coefficient (Wildman–Crippen LogP) is 4.87. The third-order valence-electron chi connectivity index (χ3n) is 3.74. The van der Waals surface area contributed by atoms with Gasteiger partial charge in [-0.15, -0.1) is 11.3 Å². The number of hydrogen-bond donors (Lipinski definition) is 1. The van der Waals surface area contributed by atoms with Crippen molar-refractivity contribution in [3.63, 3.8) is 0 Å². The summed E-state index contributed by atoms with van der Waals surface area (Å²) in [5, 5.41) is 5.81. The van der Waals surface area contributed by atoms with Crippen molar-refractivity contribution in [2.75, 3.05) is 6.54 Å². The number of benzene rings is 1. The van der Waals surface area contributed by atoms with Crippen molar-refractivity contribution in [1.82, 2.24) is 5.32 Å². The van der Waals surface area contributed by atoms with Crippen LogP contribution in [0.3, 0.4) is 0 Å². The zero-order chi connectivity index (χ0) is 15.0. The van der Waals surface area contributed by atoms with E-state index in [1.54, 1.807) is 11.3 Å².